The van der Waals surface area contributed by atoms with Gasteiger partial charge < -0.3 is 19.3 Å². The van der Waals surface area contributed by atoms with Crippen molar-refractivity contribution in [2.45, 2.75) is 57.6 Å². The molecule has 1 aromatic carbocycles. The number of nitrogens with zero attached hydrogens (tertiary/aromatic N) is 3. The van der Waals surface area contributed by atoms with Crippen LogP contribution in [-0.4, -0.2) is 50.8 Å². The Labute approximate surface area is 171 Å². The van der Waals surface area contributed by atoms with Crippen LogP contribution in [0.5, 0.6) is 5.75 Å². The van der Waals surface area contributed by atoms with Gasteiger partial charge >= 0.3 is 0 Å². The van der Waals surface area contributed by atoms with Crippen LogP contribution in [0, 0.1) is 5.82 Å². The summed E-state index contributed by atoms with van der Waals surface area (Å²) in [6.07, 6.45) is 5.85. The SMILES string of the molecule is CC(C)c1nccn1CCC(=O)N1CCCC(O)(COc2ccc(F)cc2)CC1. The van der Waals surface area contributed by atoms with Gasteiger partial charge in [-0.2, -0.15) is 0 Å². The minimum atomic E-state index is -0.988. The van der Waals surface area contributed by atoms with Crippen molar-refractivity contribution in [3.05, 3.63) is 48.3 Å². The lowest BCUT2D eigenvalue weighted by Crippen LogP contribution is -2.38. The van der Waals surface area contributed by atoms with E-state index in [1.807, 2.05) is 15.7 Å². The standard InChI is InChI=1S/C22H30FN3O3/c1-17(2)21-24-11-15-26(21)13-8-20(27)25-12-3-9-22(28,10-14-25)16-29-19-6-4-18(23)5-7-19/h4-7,11,15,17,28H,3,8-10,12-14,16H2,1-2H3. The van der Waals surface area contributed by atoms with E-state index in [-0.39, 0.29) is 18.3 Å². The maximum Gasteiger partial charge on any atom is 0.224 e. The highest BCUT2D eigenvalue weighted by Gasteiger charge is 2.32. The number of halogens is 1. The van der Waals surface area contributed by atoms with Gasteiger partial charge in [-0.25, -0.2) is 9.37 Å². The first-order valence-corrected chi connectivity index (χ1v) is 10.3. The second kappa shape index (κ2) is 9.39. The molecule has 1 atom stereocenters. The third-order valence-corrected chi connectivity index (χ3v) is 5.42. The maximum atomic E-state index is 13.0. The van der Waals surface area contributed by atoms with Crippen molar-refractivity contribution in [2.75, 3.05) is 19.7 Å². The Morgan fingerprint density at radius 1 is 1.28 bits per heavy atom. The predicted molar refractivity (Wildman–Crippen MR) is 108 cm³/mol. The Balaban J connectivity index is 1.49. The number of carbonyl (C=O) groups excluding carboxylic acids is 1. The molecule has 1 unspecified atom stereocenters. The molecule has 0 aliphatic carbocycles. The molecule has 1 aliphatic heterocycles. The van der Waals surface area contributed by atoms with Crippen molar-refractivity contribution in [2.24, 2.45) is 0 Å². The lowest BCUT2D eigenvalue weighted by molar-refractivity contribution is -0.131. The first-order chi connectivity index (χ1) is 13.9. The number of aromatic nitrogens is 2. The Kier molecular flexibility index (Phi) is 6.90. The number of ether oxygens (including phenoxy) is 1. The molecule has 7 heteroatoms. The molecule has 0 saturated carbocycles. The average Bonchev–Trinajstić information content (AvgIpc) is 3.09. The fourth-order valence-corrected chi connectivity index (χ4v) is 3.71. The number of benzene rings is 1. The zero-order chi connectivity index (χ0) is 20.9. The van der Waals surface area contributed by atoms with Gasteiger partial charge in [0, 0.05) is 44.4 Å². The summed E-state index contributed by atoms with van der Waals surface area (Å²) in [6.45, 7) is 6.06. The normalized spacial score (nSPS) is 20.0. The van der Waals surface area contributed by atoms with E-state index in [0.29, 0.717) is 50.6 Å². The molecule has 1 saturated heterocycles. The number of amides is 1. The molecule has 1 aliphatic rings. The molecule has 1 aromatic heterocycles. The van der Waals surface area contributed by atoms with Gasteiger partial charge in [0.25, 0.3) is 0 Å². The number of likely N-dealkylation sites (tertiary alicyclic amines) is 1. The van der Waals surface area contributed by atoms with Crippen LogP contribution in [0.1, 0.15) is 51.3 Å². The number of aliphatic hydroxyl groups is 1. The topological polar surface area (TPSA) is 67.6 Å². The molecule has 1 N–H and O–H groups in total. The van der Waals surface area contributed by atoms with Gasteiger partial charge in [0.15, 0.2) is 0 Å². The molecule has 0 spiro atoms. The van der Waals surface area contributed by atoms with E-state index in [0.717, 1.165) is 12.2 Å². The lowest BCUT2D eigenvalue weighted by atomic mass is 9.96. The molecular formula is C22H30FN3O3. The number of rotatable bonds is 7. The fourth-order valence-electron chi connectivity index (χ4n) is 3.71. The number of carbonyl (C=O) groups is 1. The molecule has 1 fully saturated rings. The minimum absolute atomic E-state index is 0.0945. The second-order valence-corrected chi connectivity index (χ2v) is 8.08. The van der Waals surface area contributed by atoms with Crippen LogP contribution < -0.4 is 4.74 Å². The summed E-state index contributed by atoms with van der Waals surface area (Å²) in [5.41, 5.74) is -0.988. The van der Waals surface area contributed by atoms with E-state index in [2.05, 4.69) is 18.8 Å². The number of hydrogen-bond donors (Lipinski definition) is 1. The highest BCUT2D eigenvalue weighted by atomic mass is 19.1. The Bertz CT molecular complexity index is 806. The Morgan fingerprint density at radius 3 is 2.76 bits per heavy atom. The van der Waals surface area contributed by atoms with E-state index in [1.165, 1.54) is 12.1 Å². The van der Waals surface area contributed by atoms with Crippen molar-refractivity contribution in [3.63, 3.8) is 0 Å². The van der Waals surface area contributed by atoms with Crippen LogP contribution in [0.2, 0.25) is 0 Å². The van der Waals surface area contributed by atoms with Crippen LogP contribution in [0.4, 0.5) is 4.39 Å². The zero-order valence-corrected chi connectivity index (χ0v) is 17.2. The quantitative estimate of drug-likeness (QED) is 0.770. The summed E-state index contributed by atoms with van der Waals surface area (Å²) < 4.78 is 20.7. The van der Waals surface area contributed by atoms with Gasteiger partial charge in [-0.3, -0.25) is 4.79 Å². The smallest absolute Gasteiger partial charge is 0.224 e. The zero-order valence-electron chi connectivity index (χ0n) is 17.2. The van der Waals surface area contributed by atoms with Gasteiger partial charge in [0.2, 0.25) is 5.91 Å². The Morgan fingerprint density at radius 2 is 2.03 bits per heavy atom. The van der Waals surface area contributed by atoms with Crippen LogP contribution >= 0.6 is 0 Å². The van der Waals surface area contributed by atoms with Crippen molar-refractivity contribution in [1.82, 2.24) is 14.5 Å². The summed E-state index contributed by atoms with van der Waals surface area (Å²) in [7, 11) is 0. The van der Waals surface area contributed by atoms with Crippen molar-refractivity contribution >= 4 is 5.91 Å². The highest BCUT2D eigenvalue weighted by molar-refractivity contribution is 5.76. The fraction of sp³-hybridized carbons (Fsp3) is 0.545. The molecule has 2 heterocycles. The number of hydrogen-bond acceptors (Lipinski definition) is 4. The van der Waals surface area contributed by atoms with E-state index >= 15 is 0 Å². The molecule has 29 heavy (non-hydrogen) atoms. The molecular weight excluding hydrogens is 373 g/mol. The van der Waals surface area contributed by atoms with Gasteiger partial charge in [-0.15, -0.1) is 0 Å². The summed E-state index contributed by atoms with van der Waals surface area (Å²) >= 11 is 0. The molecule has 6 nitrogen and oxygen atoms in total. The van der Waals surface area contributed by atoms with Gasteiger partial charge in [0.1, 0.15) is 29.6 Å². The highest BCUT2D eigenvalue weighted by Crippen LogP contribution is 2.25. The summed E-state index contributed by atoms with van der Waals surface area (Å²) in [6, 6.07) is 5.76. The molecule has 158 valence electrons. The van der Waals surface area contributed by atoms with Crippen molar-refractivity contribution in [3.8, 4) is 5.75 Å². The molecule has 0 bridgehead atoms. The summed E-state index contributed by atoms with van der Waals surface area (Å²) in [5.74, 6) is 1.60. The second-order valence-electron chi connectivity index (χ2n) is 8.08. The predicted octanol–water partition coefficient (Wildman–Crippen LogP) is 3.36. The molecule has 2 aromatic rings. The van der Waals surface area contributed by atoms with Crippen LogP contribution in [-0.2, 0) is 11.3 Å². The van der Waals surface area contributed by atoms with Crippen molar-refractivity contribution < 1.29 is 19.0 Å². The first kappa shape index (κ1) is 21.3. The van der Waals surface area contributed by atoms with Crippen molar-refractivity contribution in [1.29, 1.82) is 0 Å². The largest absolute Gasteiger partial charge is 0.491 e. The third kappa shape index (κ3) is 5.79. The van der Waals surface area contributed by atoms with Crippen LogP contribution in [0.3, 0.4) is 0 Å². The summed E-state index contributed by atoms with van der Waals surface area (Å²) in [4.78, 5) is 18.9. The Hall–Kier alpha value is -2.41. The maximum absolute atomic E-state index is 13.0. The minimum Gasteiger partial charge on any atom is -0.491 e. The molecule has 0 radical (unpaired) electrons. The molecule has 1 amide bonds. The van der Waals surface area contributed by atoms with Crippen LogP contribution in [0.25, 0.3) is 0 Å². The average molecular weight is 403 g/mol. The lowest BCUT2D eigenvalue weighted by Gasteiger charge is -2.27. The van der Waals surface area contributed by atoms with Crippen LogP contribution in [0.15, 0.2) is 36.7 Å². The monoisotopic (exact) mass is 403 g/mol. The van der Waals surface area contributed by atoms with Gasteiger partial charge in [-0.1, -0.05) is 13.8 Å². The van der Waals surface area contributed by atoms with Gasteiger partial charge in [0.05, 0.1) is 0 Å². The van der Waals surface area contributed by atoms with E-state index in [4.69, 9.17) is 4.74 Å². The summed E-state index contributed by atoms with van der Waals surface area (Å²) in [5, 5.41) is 10.9. The van der Waals surface area contributed by atoms with E-state index in [9.17, 15) is 14.3 Å². The molecule has 3 rings (SSSR count). The van der Waals surface area contributed by atoms with E-state index in [1.54, 1.807) is 18.3 Å². The van der Waals surface area contributed by atoms with E-state index < -0.39 is 5.60 Å². The number of imidazole rings is 1. The first-order valence-electron chi connectivity index (χ1n) is 10.3. The third-order valence-electron chi connectivity index (χ3n) is 5.42. The number of aryl methyl sites for hydroxylation is 1. The van der Waals surface area contributed by atoms with Gasteiger partial charge in [-0.05, 0) is 43.5 Å².